The summed E-state index contributed by atoms with van der Waals surface area (Å²) < 4.78 is 0. The lowest BCUT2D eigenvalue weighted by Crippen LogP contribution is -2.38. The van der Waals surface area contributed by atoms with Crippen LogP contribution in [0.25, 0.3) is 6.08 Å². The van der Waals surface area contributed by atoms with Gasteiger partial charge >= 0.3 is 5.97 Å². The molecule has 5 nitrogen and oxygen atoms in total. The van der Waals surface area contributed by atoms with Crippen molar-refractivity contribution in [1.29, 1.82) is 0 Å². The summed E-state index contributed by atoms with van der Waals surface area (Å²) in [6.45, 7) is 6.22. The highest BCUT2D eigenvalue weighted by atomic mass is 16.4. The third-order valence-electron chi connectivity index (χ3n) is 3.55. The van der Waals surface area contributed by atoms with Gasteiger partial charge in [0.25, 0.3) is 5.91 Å². The van der Waals surface area contributed by atoms with Gasteiger partial charge in [-0.05, 0) is 30.5 Å². The van der Waals surface area contributed by atoms with Crippen molar-refractivity contribution in [2.75, 3.05) is 0 Å². The van der Waals surface area contributed by atoms with Crippen molar-refractivity contribution in [1.82, 2.24) is 10.3 Å². The van der Waals surface area contributed by atoms with Crippen molar-refractivity contribution in [2.45, 2.75) is 39.7 Å². The van der Waals surface area contributed by atoms with E-state index in [1.54, 1.807) is 12.1 Å². The molecule has 21 heavy (non-hydrogen) atoms. The Morgan fingerprint density at radius 1 is 1.33 bits per heavy atom. The zero-order valence-corrected chi connectivity index (χ0v) is 12.7. The van der Waals surface area contributed by atoms with Crippen LogP contribution in [-0.2, 0) is 4.79 Å². The van der Waals surface area contributed by atoms with Crippen LogP contribution in [0.4, 0.5) is 0 Å². The molecule has 1 amide bonds. The molecular formula is C16H22N2O3. The van der Waals surface area contributed by atoms with Gasteiger partial charge in [0.1, 0.15) is 5.69 Å². The van der Waals surface area contributed by atoms with Crippen LogP contribution in [0.5, 0.6) is 0 Å². The molecule has 2 N–H and O–H groups in total. The number of carbonyl (C=O) groups excluding carboxylic acids is 1. The van der Waals surface area contributed by atoms with E-state index in [1.807, 2.05) is 6.92 Å². The zero-order valence-electron chi connectivity index (χ0n) is 12.7. The van der Waals surface area contributed by atoms with E-state index < -0.39 is 5.97 Å². The van der Waals surface area contributed by atoms with Gasteiger partial charge in [0.15, 0.2) is 0 Å². The van der Waals surface area contributed by atoms with E-state index in [2.05, 4.69) is 24.1 Å². The molecule has 1 atom stereocenters. The summed E-state index contributed by atoms with van der Waals surface area (Å²) in [6, 6.07) is 3.36. The van der Waals surface area contributed by atoms with Gasteiger partial charge in [-0.1, -0.05) is 32.8 Å². The van der Waals surface area contributed by atoms with Gasteiger partial charge in [0.2, 0.25) is 0 Å². The molecule has 1 aromatic heterocycles. The Kier molecular flexibility index (Phi) is 6.59. The molecule has 1 rings (SSSR count). The number of carboxylic acids is 1. The van der Waals surface area contributed by atoms with Gasteiger partial charge in [-0.25, -0.2) is 4.79 Å². The third kappa shape index (κ3) is 5.38. The van der Waals surface area contributed by atoms with Crippen molar-refractivity contribution in [3.8, 4) is 0 Å². The first-order chi connectivity index (χ1) is 9.97. The van der Waals surface area contributed by atoms with E-state index in [1.165, 1.54) is 12.3 Å². The minimum atomic E-state index is -1.02. The molecular weight excluding hydrogens is 268 g/mol. The fourth-order valence-electron chi connectivity index (χ4n) is 2.20. The van der Waals surface area contributed by atoms with Crippen molar-refractivity contribution in [3.63, 3.8) is 0 Å². The number of carbonyl (C=O) groups is 2. The van der Waals surface area contributed by atoms with Crippen LogP contribution in [0.1, 0.15) is 49.7 Å². The largest absolute Gasteiger partial charge is 0.478 e. The number of hydrogen-bond acceptors (Lipinski definition) is 3. The normalized spacial score (nSPS) is 12.6. The molecule has 1 heterocycles. The Hall–Kier alpha value is -2.17. The summed E-state index contributed by atoms with van der Waals surface area (Å²) in [5.74, 6) is -0.772. The van der Waals surface area contributed by atoms with E-state index in [0.717, 1.165) is 18.9 Å². The number of aliphatic carboxylic acids is 1. The van der Waals surface area contributed by atoms with Crippen LogP contribution in [0.2, 0.25) is 0 Å². The Balaban J connectivity index is 2.69. The topological polar surface area (TPSA) is 79.3 Å². The maximum Gasteiger partial charge on any atom is 0.328 e. The molecule has 5 heteroatoms. The lowest BCUT2D eigenvalue weighted by molar-refractivity contribution is -0.131. The number of amides is 1. The highest BCUT2D eigenvalue weighted by molar-refractivity contribution is 5.92. The number of hydrogen-bond donors (Lipinski definition) is 2. The number of rotatable bonds is 7. The van der Waals surface area contributed by atoms with Crippen LogP contribution in [0, 0.1) is 5.92 Å². The van der Waals surface area contributed by atoms with E-state index >= 15 is 0 Å². The van der Waals surface area contributed by atoms with E-state index in [9.17, 15) is 9.59 Å². The molecule has 0 bridgehead atoms. The predicted octanol–water partition coefficient (Wildman–Crippen LogP) is 2.73. The van der Waals surface area contributed by atoms with Crippen LogP contribution in [-0.4, -0.2) is 28.0 Å². The van der Waals surface area contributed by atoms with Gasteiger partial charge < -0.3 is 10.4 Å². The second kappa shape index (κ2) is 8.19. The molecule has 0 aliphatic heterocycles. The first kappa shape index (κ1) is 16.9. The maximum atomic E-state index is 12.1. The summed E-state index contributed by atoms with van der Waals surface area (Å²) in [6.07, 6.45) is 5.99. The summed E-state index contributed by atoms with van der Waals surface area (Å²) in [5.41, 5.74) is 0.974. The number of carboxylic acid groups (broad SMARTS) is 1. The van der Waals surface area contributed by atoms with Gasteiger partial charge in [-0.2, -0.15) is 0 Å². The van der Waals surface area contributed by atoms with Gasteiger partial charge in [-0.3, -0.25) is 9.78 Å². The smallest absolute Gasteiger partial charge is 0.328 e. The number of pyridine rings is 1. The Bertz CT molecular complexity index is 505. The summed E-state index contributed by atoms with van der Waals surface area (Å²) >= 11 is 0. The van der Waals surface area contributed by atoms with E-state index in [4.69, 9.17) is 5.11 Å². The average Bonchev–Trinajstić information content (AvgIpc) is 2.46. The van der Waals surface area contributed by atoms with Crippen LogP contribution < -0.4 is 5.32 Å². The van der Waals surface area contributed by atoms with Crippen LogP contribution >= 0.6 is 0 Å². The summed E-state index contributed by atoms with van der Waals surface area (Å²) in [4.78, 5) is 26.6. The number of aromatic nitrogens is 1. The molecule has 1 unspecified atom stereocenters. The fourth-order valence-corrected chi connectivity index (χ4v) is 2.20. The number of nitrogens with zero attached hydrogens (tertiary/aromatic N) is 1. The highest BCUT2D eigenvalue weighted by Crippen LogP contribution is 2.13. The van der Waals surface area contributed by atoms with Crippen molar-refractivity contribution in [2.24, 2.45) is 5.92 Å². The minimum absolute atomic E-state index is 0.0980. The van der Waals surface area contributed by atoms with Crippen LogP contribution in [0.15, 0.2) is 24.4 Å². The Labute approximate surface area is 125 Å². The second-order valence-electron chi connectivity index (χ2n) is 4.99. The summed E-state index contributed by atoms with van der Waals surface area (Å²) in [5, 5.41) is 11.5. The quantitative estimate of drug-likeness (QED) is 0.757. The SMILES string of the molecule is CCC(CC)C(C)NC(=O)c1ccc(C=CC(=O)O)cn1. The minimum Gasteiger partial charge on any atom is -0.478 e. The van der Waals surface area contributed by atoms with Gasteiger partial charge in [0, 0.05) is 18.3 Å². The Morgan fingerprint density at radius 2 is 2.00 bits per heavy atom. The third-order valence-corrected chi connectivity index (χ3v) is 3.55. The molecule has 0 fully saturated rings. The molecule has 0 saturated carbocycles. The first-order valence-corrected chi connectivity index (χ1v) is 7.15. The molecule has 0 aromatic carbocycles. The lowest BCUT2D eigenvalue weighted by atomic mass is 9.95. The van der Waals surface area contributed by atoms with Crippen molar-refractivity contribution < 1.29 is 14.7 Å². The highest BCUT2D eigenvalue weighted by Gasteiger charge is 2.17. The molecule has 0 aliphatic carbocycles. The molecule has 0 aliphatic rings. The monoisotopic (exact) mass is 290 g/mol. The van der Waals surface area contributed by atoms with Crippen molar-refractivity contribution >= 4 is 18.0 Å². The van der Waals surface area contributed by atoms with E-state index in [0.29, 0.717) is 17.2 Å². The first-order valence-electron chi connectivity index (χ1n) is 7.15. The fraction of sp³-hybridized carbons (Fsp3) is 0.438. The predicted molar refractivity (Wildman–Crippen MR) is 81.9 cm³/mol. The second-order valence-corrected chi connectivity index (χ2v) is 4.99. The van der Waals surface area contributed by atoms with E-state index in [-0.39, 0.29) is 11.9 Å². The molecule has 0 saturated heterocycles. The van der Waals surface area contributed by atoms with Gasteiger partial charge in [-0.15, -0.1) is 0 Å². The summed E-state index contributed by atoms with van der Waals surface area (Å²) in [7, 11) is 0. The maximum absolute atomic E-state index is 12.1. The van der Waals surface area contributed by atoms with Crippen molar-refractivity contribution in [3.05, 3.63) is 35.7 Å². The number of nitrogens with one attached hydrogen (secondary N) is 1. The lowest BCUT2D eigenvalue weighted by Gasteiger charge is -2.22. The standard InChI is InChI=1S/C16H22N2O3/c1-4-13(5-2)11(3)18-16(21)14-8-6-12(10-17-14)7-9-15(19)20/h6-11,13H,4-5H2,1-3H3,(H,18,21)(H,19,20). The zero-order chi connectivity index (χ0) is 15.8. The Morgan fingerprint density at radius 3 is 2.48 bits per heavy atom. The molecule has 0 spiro atoms. The molecule has 1 aromatic rings. The average molecular weight is 290 g/mol. The molecule has 114 valence electrons. The van der Waals surface area contributed by atoms with Crippen LogP contribution in [0.3, 0.4) is 0 Å². The van der Waals surface area contributed by atoms with Gasteiger partial charge in [0.05, 0.1) is 0 Å². The molecule has 0 radical (unpaired) electrons.